The van der Waals surface area contributed by atoms with E-state index in [0.29, 0.717) is 0 Å². The van der Waals surface area contributed by atoms with Crippen molar-refractivity contribution in [2.75, 3.05) is 0 Å². The highest BCUT2D eigenvalue weighted by Gasteiger charge is 1.85. The largest absolute Gasteiger partial charge is 0.228 e. The number of nitrogens with zero attached hydrogens (tertiary/aromatic N) is 3. The predicted octanol–water partition coefficient (Wildman–Crippen LogP) is 0.234. The molecule has 0 spiro atoms. The van der Waals surface area contributed by atoms with Crippen LogP contribution in [0.4, 0.5) is 0 Å². The van der Waals surface area contributed by atoms with Gasteiger partial charge in [0.1, 0.15) is 6.20 Å². The molecule has 1 aromatic rings. The number of rotatable bonds is 1. The summed E-state index contributed by atoms with van der Waals surface area (Å²) in [5.74, 6) is 0.743. The van der Waals surface area contributed by atoms with E-state index in [-0.39, 0.29) is 0 Å². The smallest absolute Gasteiger partial charge is 0.151 e. The minimum Gasteiger partial charge on any atom is -0.228 e. The molecule has 0 fully saturated rings. The molecular weight excluding hydrogens is 102 g/mol. The van der Waals surface area contributed by atoms with E-state index in [1.165, 1.54) is 6.20 Å². The molecule has 0 bridgehead atoms. The first-order valence-electron chi connectivity index (χ1n) is 2.48. The van der Waals surface area contributed by atoms with Gasteiger partial charge in [0.2, 0.25) is 0 Å². The highest BCUT2D eigenvalue weighted by molar-refractivity contribution is 4.77. The summed E-state index contributed by atoms with van der Waals surface area (Å²) < 4.78 is 0. The standard InChI is InChI=1S/C5H6N3/c1-2-5-6-3-4-7-8-5/h4H,2H2,1H3. The molecule has 0 aromatic carbocycles. The number of aryl methyl sites for hydroxylation is 1. The molecule has 1 aromatic heterocycles. The average molecular weight is 108 g/mol. The molecule has 0 N–H and O–H groups in total. The third kappa shape index (κ3) is 0.992. The number of hydrogen-bond donors (Lipinski definition) is 0. The van der Waals surface area contributed by atoms with Gasteiger partial charge >= 0.3 is 0 Å². The van der Waals surface area contributed by atoms with Gasteiger partial charge in [0, 0.05) is 6.42 Å². The van der Waals surface area contributed by atoms with Crippen LogP contribution in [-0.4, -0.2) is 15.2 Å². The van der Waals surface area contributed by atoms with Gasteiger partial charge in [-0.15, -0.1) is 5.10 Å². The van der Waals surface area contributed by atoms with E-state index in [2.05, 4.69) is 21.4 Å². The van der Waals surface area contributed by atoms with Crippen molar-refractivity contribution in [3.8, 4) is 0 Å². The van der Waals surface area contributed by atoms with Crippen molar-refractivity contribution in [2.24, 2.45) is 0 Å². The summed E-state index contributed by atoms with van der Waals surface area (Å²) in [7, 11) is 0. The van der Waals surface area contributed by atoms with Crippen molar-refractivity contribution in [1.82, 2.24) is 15.2 Å². The highest BCUT2D eigenvalue weighted by Crippen LogP contribution is 1.81. The van der Waals surface area contributed by atoms with Crippen molar-refractivity contribution in [2.45, 2.75) is 13.3 Å². The Hall–Kier alpha value is -0.990. The van der Waals surface area contributed by atoms with Crippen LogP contribution in [0.2, 0.25) is 0 Å². The van der Waals surface area contributed by atoms with E-state index in [1.54, 1.807) is 0 Å². The van der Waals surface area contributed by atoms with Gasteiger partial charge < -0.3 is 0 Å². The van der Waals surface area contributed by atoms with Crippen LogP contribution in [0, 0.1) is 6.20 Å². The molecule has 0 aliphatic heterocycles. The third-order valence-corrected chi connectivity index (χ3v) is 0.798. The van der Waals surface area contributed by atoms with E-state index in [4.69, 9.17) is 0 Å². The second-order valence-corrected chi connectivity index (χ2v) is 1.36. The van der Waals surface area contributed by atoms with Gasteiger partial charge in [0.05, 0.1) is 6.20 Å². The maximum atomic E-state index is 3.80. The van der Waals surface area contributed by atoms with E-state index >= 15 is 0 Å². The molecule has 0 aliphatic carbocycles. The molecule has 0 unspecified atom stereocenters. The Bertz CT molecular complexity index is 149. The lowest BCUT2D eigenvalue weighted by molar-refractivity contribution is 0.844. The molecule has 41 valence electrons. The molecule has 0 saturated carbocycles. The highest BCUT2D eigenvalue weighted by atomic mass is 15.1. The second-order valence-electron chi connectivity index (χ2n) is 1.36. The Labute approximate surface area is 47.8 Å². The van der Waals surface area contributed by atoms with Gasteiger partial charge in [0.15, 0.2) is 5.82 Å². The van der Waals surface area contributed by atoms with Crippen LogP contribution >= 0.6 is 0 Å². The molecule has 1 heterocycles. The fourth-order valence-electron chi connectivity index (χ4n) is 0.397. The van der Waals surface area contributed by atoms with Crippen LogP contribution in [0.1, 0.15) is 12.7 Å². The molecule has 3 heteroatoms. The zero-order chi connectivity index (χ0) is 5.82. The minimum atomic E-state index is 0.743. The fraction of sp³-hybridized carbons (Fsp3) is 0.400. The maximum Gasteiger partial charge on any atom is 0.151 e. The first-order valence-corrected chi connectivity index (χ1v) is 2.48. The topological polar surface area (TPSA) is 38.7 Å². The summed E-state index contributed by atoms with van der Waals surface area (Å²) in [6.07, 6.45) is 4.86. The zero-order valence-corrected chi connectivity index (χ0v) is 4.63. The Morgan fingerprint density at radius 3 is 3.00 bits per heavy atom. The minimum absolute atomic E-state index is 0.743. The first-order chi connectivity index (χ1) is 3.93. The molecule has 3 nitrogen and oxygen atoms in total. The Morgan fingerprint density at radius 2 is 2.62 bits per heavy atom. The monoisotopic (exact) mass is 108 g/mol. The SMILES string of the molecule is CCc1n[c]cnn1. The Kier molecular flexibility index (Phi) is 1.51. The van der Waals surface area contributed by atoms with Gasteiger partial charge in [-0.1, -0.05) is 6.92 Å². The molecule has 0 amide bonds. The predicted molar refractivity (Wildman–Crippen MR) is 28.0 cm³/mol. The first kappa shape index (κ1) is 5.15. The van der Waals surface area contributed by atoms with Gasteiger partial charge in [-0.05, 0) is 0 Å². The number of aromatic nitrogens is 3. The third-order valence-electron chi connectivity index (χ3n) is 0.798. The van der Waals surface area contributed by atoms with Crippen molar-refractivity contribution < 1.29 is 0 Å². The van der Waals surface area contributed by atoms with Crippen molar-refractivity contribution in [3.63, 3.8) is 0 Å². The zero-order valence-electron chi connectivity index (χ0n) is 4.63. The molecule has 1 rings (SSSR count). The Balaban J connectivity index is 2.83. The lowest BCUT2D eigenvalue weighted by atomic mass is 10.5. The maximum absolute atomic E-state index is 3.80. The van der Waals surface area contributed by atoms with Crippen LogP contribution in [0.25, 0.3) is 0 Å². The van der Waals surface area contributed by atoms with Crippen LogP contribution in [-0.2, 0) is 6.42 Å². The van der Waals surface area contributed by atoms with Gasteiger partial charge in [-0.3, -0.25) is 0 Å². The molecule has 0 aliphatic rings. The Morgan fingerprint density at radius 1 is 1.75 bits per heavy atom. The summed E-state index contributed by atoms with van der Waals surface area (Å²) in [5, 5.41) is 7.29. The van der Waals surface area contributed by atoms with Crippen LogP contribution < -0.4 is 0 Å². The number of hydrogen-bond acceptors (Lipinski definition) is 3. The van der Waals surface area contributed by atoms with Crippen LogP contribution in [0.5, 0.6) is 0 Å². The molecule has 0 saturated heterocycles. The molecule has 1 radical (unpaired) electrons. The van der Waals surface area contributed by atoms with Gasteiger partial charge in [-0.25, -0.2) is 4.98 Å². The lowest BCUT2D eigenvalue weighted by Crippen LogP contribution is -1.92. The van der Waals surface area contributed by atoms with Gasteiger partial charge in [-0.2, -0.15) is 5.10 Å². The normalized spacial score (nSPS) is 9.12. The summed E-state index contributed by atoms with van der Waals surface area (Å²) >= 11 is 0. The van der Waals surface area contributed by atoms with E-state index in [9.17, 15) is 0 Å². The van der Waals surface area contributed by atoms with Crippen molar-refractivity contribution in [3.05, 3.63) is 18.2 Å². The average Bonchev–Trinajstić information content (AvgIpc) is 1.90. The lowest BCUT2D eigenvalue weighted by Gasteiger charge is -1.85. The second kappa shape index (κ2) is 2.35. The van der Waals surface area contributed by atoms with Crippen LogP contribution in [0.3, 0.4) is 0 Å². The van der Waals surface area contributed by atoms with E-state index < -0.39 is 0 Å². The summed E-state index contributed by atoms with van der Waals surface area (Å²) in [6, 6.07) is 0. The van der Waals surface area contributed by atoms with E-state index in [0.717, 1.165) is 12.2 Å². The fourth-order valence-corrected chi connectivity index (χ4v) is 0.397. The summed E-state index contributed by atoms with van der Waals surface area (Å²) in [4.78, 5) is 3.80. The van der Waals surface area contributed by atoms with Gasteiger partial charge in [0.25, 0.3) is 0 Å². The van der Waals surface area contributed by atoms with E-state index in [1.807, 2.05) is 6.92 Å². The quantitative estimate of drug-likeness (QED) is 0.517. The summed E-state index contributed by atoms with van der Waals surface area (Å²) in [5.41, 5.74) is 0. The summed E-state index contributed by atoms with van der Waals surface area (Å²) in [6.45, 7) is 1.98. The molecule has 0 atom stereocenters. The molecule has 8 heavy (non-hydrogen) atoms. The molecular formula is C5H6N3. The van der Waals surface area contributed by atoms with Crippen molar-refractivity contribution >= 4 is 0 Å². The van der Waals surface area contributed by atoms with Crippen molar-refractivity contribution in [1.29, 1.82) is 0 Å². The van der Waals surface area contributed by atoms with Crippen LogP contribution in [0.15, 0.2) is 6.20 Å².